The Labute approximate surface area is 124 Å². The van der Waals surface area contributed by atoms with Crippen molar-refractivity contribution in [3.05, 3.63) is 10.4 Å². The van der Waals surface area contributed by atoms with E-state index in [-0.39, 0.29) is 5.97 Å². The smallest absolute Gasteiger partial charge is 0.350 e. The molecule has 1 aromatic rings. The lowest BCUT2D eigenvalue weighted by molar-refractivity contribution is 0.0607. The van der Waals surface area contributed by atoms with Crippen LogP contribution in [0.1, 0.15) is 40.4 Å². The molecule has 1 saturated carbocycles. The number of hydrogen-bond donors (Lipinski definition) is 2. The Kier molecular flexibility index (Phi) is 4.88. The second-order valence-electron chi connectivity index (χ2n) is 5.44. The number of hydrogen-bond acceptors (Lipinski definition) is 6. The van der Waals surface area contributed by atoms with Crippen LogP contribution in [-0.4, -0.2) is 45.2 Å². The van der Waals surface area contributed by atoms with Crippen LogP contribution in [0.3, 0.4) is 0 Å². The van der Waals surface area contributed by atoms with Gasteiger partial charge in [-0.3, -0.25) is 0 Å². The van der Waals surface area contributed by atoms with Gasteiger partial charge in [-0.2, -0.15) is 0 Å². The first-order valence-electron chi connectivity index (χ1n) is 6.93. The second kappa shape index (κ2) is 6.45. The molecule has 1 aliphatic rings. The lowest BCUT2D eigenvalue weighted by Gasteiger charge is -2.10. The first kappa shape index (κ1) is 15.1. The summed E-state index contributed by atoms with van der Waals surface area (Å²) in [5.74, 6) is 0.178. The Morgan fingerprint density at radius 1 is 1.50 bits per heavy atom. The summed E-state index contributed by atoms with van der Waals surface area (Å²) in [5, 5.41) is 4.48. The molecule has 20 heavy (non-hydrogen) atoms. The average Bonchev–Trinajstić information content (AvgIpc) is 3.18. The van der Waals surface area contributed by atoms with Crippen molar-refractivity contribution in [2.75, 3.05) is 45.3 Å². The zero-order valence-electron chi connectivity index (χ0n) is 12.4. The summed E-state index contributed by atoms with van der Waals surface area (Å²) < 4.78 is 4.80. The van der Waals surface area contributed by atoms with E-state index in [2.05, 4.69) is 24.3 Å². The molecular formula is C14H23N3O2S. The van der Waals surface area contributed by atoms with Crippen molar-refractivity contribution in [3.8, 4) is 0 Å². The normalized spacial score (nSPS) is 14.6. The number of esters is 1. The third kappa shape index (κ3) is 3.43. The minimum absolute atomic E-state index is 0.337. The lowest BCUT2D eigenvalue weighted by Crippen LogP contribution is -2.16. The summed E-state index contributed by atoms with van der Waals surface area (Å²) in [4.78, 5) is 14.4. The van der Waals surface area contributed by atoms with Crippen molar-refractivity contribution in [2.24, 2.45) is 0 Å². The number of carbonyl (C=O) groups is 1. The highest BCUT2D eigenvalue weighted by Crippen LogP contribution is 2.50. The van der Waals surface area contributed by atoms with Crippen molar-refractivity contribution in [1.82, 2.24) is 4.90 Å². The molecule has 1 fully saturated rings. The number of ether oxygens (including phenoxy) is 1. The maximum absolute atomic E-state index is 11.7. The van der Waals surface area contributed by atoms with E-state index in [0.29, 0.717) is 16.5 Å². The summed E-state index contributed by atoms with van der Waals surface area (Å²) in [6, 6.07) is 0. The van der Waals surface area contributed by atoms with Gasteiger partial charge in [-0.05, 0) is 45.8 Å². The molecule has 0 aromatic carbocycles. The van der Waals surface area contributed by atoms with Crippen LogP contribution in [0.15, 0.2) is 0 Å². The summed E-state index contributed by atoms with van der Waals surface area (Å²) in [5.41, 5.74) is 7.87. The number of nitrogen functional groups attached to an aromatic ring is 1. The Morgan fingerprint density at radius 3 is 2.75 bits per heavy atom. The molecule has 0 radical (unpaired) electrons. The standard InChI is InChI=1S/C14H23N3O2S/c1-17(2)8-4-7-16-13-10(9-5-6-9)11(15)12(20-13)14(18)19-3/h9,16H,4-8,15H2,1-3H3. The van der Waals surface area contributed by atoms with Crippen molar-refractivity contribution in [1.29, 1.82) is 0 Å². The molecule has 3 N–H and O–H groups in total. The number of rotatable bonds is 7. The van der Waals surface area contributed by atoms with Gasteiger partial charge in [0.25, 0.3) is 0 Å². The third-order valence-electron chi connectivity index (χ3n) is 3.41. The van der Waals surface area contributed by atoms with Crippen LogP contribution < -0.4 is 11.1 Å². The predicted molar refractivity (Wildman–Crippen MR) is 83.7 cm³/mol. The topological polar surface area (TPSA) is 67.6 Å². The molecule has 1 aliphatic carbocycles. The highest BCUT2D eigenvalue weighted by molar-refractivity contribution is 7.18. The number of nitrogens with two attached hydrogens (primary N) is 1. The fourth-order valence-electron chi connectivity index (χ4n) is 2.21. The maximum Gasteiger partial charge on any atom is 0.350 e. The van der Waals surface area contributed by atoms with Gasteiger partial charge in [0.2, 0.25) is 0 Å². The van der Waals surface area contributed by atoms with Crippen LogP contribution in [0.4, 0.5) is 10.7 Å². The van der Waals surface area contributed by atoms with Gasteiger partial charge in [-0.25, -0.2) is 4.79 Å². The van der Waals surface area contributed by atoms with Crippen LogP contribution >= 0.6 is 11.3 Å². The molecule has 0 unspecified atom stereocenters. The molecule has 6 heteroatoms. The van der Waals surface area contributed by atoms with E-state index >= 15 is 0 Å². The number of carbonyl (C=O) groups excluding carboxylic acids is 1. The van der Waals surface area contributed by atoms with Crippen LogP contribution in [0.25, 0.3) is 0 Å². The van der Waals surface area contributed by atoms with Gasteiger partial charge in [-0.1, -0.05) is 0 Å². The SMILES string of the molecule is COC(=O)c1sc(NCCCN(C)C)c(C2CC2)c1N. The van der Waals surface area contributed by atoms with E-state index in [1.807, 2.05) is 0 Å². The minimum atomic E-state index is -0.337. The van der Waals surface area contributed by atoms with Gasteiger partial charge in [0.1, 0.15) is 4.88 Å². The van der Waals surface area contributed by atoms with E-state index in [0.717, 1.165) is 42.9 Å². The number of nitrogens with one attached hydrogen (secondary N) is 1. The summed E-state index contributed by atoms with van der Waals surface area (Å²) in [7, 11) is 5.52. The quantitative estimate of drug-likeness (QED) is 0.597. The van der Waals surface area contributed by atoms with Crippen LogP contribution in [0.5, 0.6) is 0 Å². The number of methoxy groups -OCH3 is 1. The van der Waals surface area contributed by atoms with E-state index in [4.69, 9.17) is 10.5 Å². The zero-order chi connectivity index (χ0) is 14.7. The summed E-state index contributed by atoms with van der Waals surface area (Å²) >= 11 is 1.42. The van der Waals surface area contributed by atoms with Crippen molar-refractivity contribution >= 4 is 28.0 Å². The van der Waals surface area contributed by atoms with Crippen molar-refractivity contribution in [3.63, 3.8) is 0 Å². The van der Waals surface area contributed by atoms with E-state index < -0.39 is 0 Å². The highest BCUT2D eigenvalue weighted by atomic mass is 32.1. The fraction of sp³-hybridized carbons (Fsp3) is 0.643. The van der Waals surface area contributed by atoms with Crippen LogP contribution in [0.2, 0.25) is 0 Å². The Balaban J connectivity index is 2.08. The molecular weight excluding hydrogens is 274 g/mol. The van der Waals surface area contributed by atoms with Gasteiger partial charge in [0.05, 0.1) is 17.8 Å². The molecule has 0 bridgehead atoms. The van der Waals surface area contributed by atoms with Gasteiger partial charge >= 0.3 is 5.97 Å². The van der Waals surface area contributed by atoms with Gasteiger partial charge < -0.3 is 20.7 Å². The largest absolute Gasteiger partial charge is 0.465 e. The van der Waals surface area contributed by atoms with Gasteiger partial charge in [0, 0.05) is 12.1 Å². The van der Waals surface area contributed by atoms with Gasteiger partial charge in [-0.15, -0.1) is 11.3 Å². The van der Waals surface area contributed by atoms with Crippen molar-refractivity contribution < 1.29 is 9.53 Å². The van der Waals surface area contributed by atoms with Gasteiger partial charge in [0.15, 0.2) is 0 Å². The molecule has 2 rings (SSSR count). The molecule has 1 aromatic heterocycles. The summed E-state index contributed by atoms with van der Waals surface area (Å²) in [6.45, 7) is 1.93. The monoisotopic (exact) mass is 297 g/mol. The number of nitrogens with zero attached hydrogens (tertiary/aromatic N) is 1. The Bertz CT molecular complexity index is 481. The van der Waals surface area contributed by atoms with Crippen LogP contribution in [-0.2, 0) is 4.74 Å². The third-order valence-corrected chi connectivity index (χ3v) is 4.57. The number of anilines is 2. The molecule has 1 heterocycles. The van der Waals surface area contributed by atoms with E-state index in [1.54, 1.807) is 0 Å². The van der Waals surface area contributed by atoms with Crippen molar-refractivity contribution in [2.45, 2.75) is 25.2 Å². The Hall–Kier alpha value is -1.27. The van der Waals surface area contributed by atoms with Crippen LogP contribution in [0, 0.1) is 0 Å². The number of thiophene rings is 1. The molecule has 0 saturated heterocycles. The van der Waals surface area contributed by atoms with E-state index in [1.165, 1.54) is 18.4 Å². The molecule has 0 amide bonds. The molecule has 0 aliphatic heterocycles. The molecule has 5 nitrogen and oxygen atoms in total. The minimum Gasteiger partial charge on any atom is -0.465 e. The maximum atomic E-state index is 11.7. The zero-order valence-corrected chi connectivity index (χ0v) is 13.2. The summed E-state index contributed by atoms with van der Waals surface area (Å²) in [6.07, 6.45) is 3.38. The molecule has 0 spiro atoms. The lowest BCUT2D eigenvalue weighted by atomic mass is 10.1. The van der Waals surface area contributed by atoms with E-state index in [9.17, 15) is 4.79 Å². The second-order valence-corrected chi connectivity index (χ2v) is 6.46. The first-order chi connectivity index (χ1) is 9.54. The average molecular weight is 297 g/mol. The molecule has 0 atom stereocenters. The Morgan fingerprint density at radius 2 is 2.20 bits per heavy atom. The fourth-order valence-corrected chi connectivity index (χ4v) is 3.36. The predicted octanol–water partition coefficient (Wildman–Crippen LogP) is 2.36. The molecule has 112 valence electrons. The highest BCUT2D eigenvalue weighted by Gasteiger charge is 2.33. The first-order valence-corrected chi connectivity index (χ1v) is 7.75.